The third kappa shape index (κ3) is 3.56. The van der Waals surface area contributed by atoms with E-state index >= 15 is 0 Å². The zero-order chi connectivity index (χ0) is 21.6. The van der Waals surface area contributed by atoms with Crippen molar-refractivity contribution >= 4 is 11.4 Å². The van der Waals surface area contributed by atoms with Gasteiger partial charge in [-0.25, -0.2) is 23.7 Å². The summed E-state index contributed by atoms with van der Waals surface area (Å²) >= 11 is 0. The first-order chi connectivity index (χ1) is 15.0. The number of fused-ring (bicyclic) bond motifs is 4. The van der Waals surface area contributed by atoms with E-state index in [1.807, 2.05) is 10.6 Å². The number of Topliss-reactive ketones (excluding diaryl/α,β-unsaturated/α-hetero) is 1. The van der Waals surface area contributed by atoms with Crippen molar-refractivity contribution < 1.29 is 23.0 Å². The Labute approximate surface area is 177 Å². The van der Waals surface area contributed by atoms with Crippen LogP contribution in [0.4, 0.5) is 8.78 Å². The number of hydrogen-bond acceptors (Lipinski definition) is 6. The number of carbonyl (C=O) groups is 1. The fourth-order valence-electron chi connectivity index (χ4n) is 4.54. The molecule has 7 nitrogen and oxygen atoms in total. The molecule has 162 valence electrons. The molecular formula is C22H22F2N4O3. The number of halogens is 2. The Kier molecular flexibility index (Phi) is 4.92. The maximum Gasteiger partial charge on any atom is 0.280 e. The second-order valence-electron chi connectivity index (χ2n) is 8.24. The molecule has 1 saturated carbocycles. The van der Waals surface area contributed by atoms with E-state index in [1.54, 1.807) is 6.20 Å². The Balaban J connectivity index is 1.46. The number of imidazole rings is 1. The van der Waals surface area contributed by atoms with Crippen LogP contribution in [0.25, 0.3) is 5.65 Å². The summed E-state index contributed by atoms with van der Waals surface area (Å²) in [5.74, 6) is -0.0815. The van der Waals surface area contributed by atoms with Gasteiger partial charge in [0.05, 0.1) is 37.6 Å². The van der Waals surface area contributed by atoms with Crippen LogP contribution in [0, 0.1) is 0 Å². The van der Waals surface area contributed by atoms with Gasteiger partial charge in [-0.05, 0) is 37.8 Å². The lowest BCUT2D eigenvalue weighted by atomic mass is 9.69. The van der Waals surface area contributed by atoms with Gasteiger partial charge in [-0.3, -0.25) is 4.79 Å². The van der Waals surface area contributed by atoms with Crippen molar-refractivity contribution in [3.63, 3.8) is 0 Å². The molecular weight excluding hydrogens is 406 g/mol. The molecule has 2 saturated heterocycles. The Morgan fingerprint density at radius 3 is 2.74 bits per heavy atom. The molecule has 2 aliphatic heterocycles. The van der Waals surface area contributed by atoms with Gasteiger partial charge in [0.1, 0.15) is 11.4 Å². The summed E-state index contributed by atoms with van der Waals surface area (Å²) in [5, 5.41) is 0. The number of alkyl halides is 2. The highest BCUT2D eigenvalue weighted by molar-refractivity contribution is 5.95. The van der Waals surface area contributed by atoms with Gasteiger partial charge in [0.15, 0.2) is 5.78 Å². The number of nitrogens with zero attached hydrogens (tertiary/aromatic N) is 4. The minimum atomic E-state index is -2.73. The van der Waals surface area contributed by atoms with Crippen molar-refractivity contribution in [1.82, 2.24) is 19.4 Å². The quantitative estimate of drug-likeness (QED) is 0.557. The molecule has 6 rings (SSSR count). The van der Waals surface area contributed by atoms with Crippen molar-refractivity contribution in [3.05, 3.63) is 53.4 Å². The Morgan fingerprint density at radius 2 is 2.06 bits per heavy atom. The molecule has 3 aliphatic rings. The smallest absolute Gasteiger partial charge is 0.280 e. The lowest BCUT2D eigenvalue weighted by Crippen LogP contribution is -2.45. The van der Waals surface area contributed by atoms with Crippen LogP contribution in [0.2, 0.25) is 0 Å². The van der Waals surface area contributed by atoms with Gasteiger partial charge < -0.3 is 13.9 Å². The molecule has 3 fully saturated rings. The second kappa shape index (κ2) is 7.64. The summed E-state index contributed by atoms with van der Waals surface area (Å²) in [5.41, 5.74) is 1.44. The predicted octanol–water partition coefficient (Wildman–Crippen LogP) is 3.71. The molecule has 3 aromatic rings. The first kappa shape index (κ1) is 20.0. The van der Waals surface area contributed by atoms with Crippen LogP contribution in [-0.4, -0.2) is 45.0 Å². The van der Waals surface area contributed by atoms with Crippen molar-refractivity contribution in [2.24, 2.45) is 0 Å². The zero-order valence-electron chi connectivity index (χ0n) is 17.1. The monoisotopic (exact) mass is 428 g/mol. The van der Waals surface area contributed by atoms with E-state index in [2.05, 4.69) is 9.97 Å². The summed E-state index contributed by atoms with van der Waals surface area (Å²) in [4.78, 5) is 25.6. The largest absolute Gasteiger partial charge is 0.478 e. The SMILES string of the molecule is COc1nc(CC(=O)c2cccc(C(F)F)n2)cn2cc(C34CCC(CC3)OC4)nc12. The number of carbonyl (C=O) groups excluding carboxylic acids is 1. The van der Waals surface area contributed by atoms with Crippen molar-refractivity contribution in [3.8, 4) is 5.88 Å². The standard InChI is InChI=1S/C22H22F2N4O3/c1-30-21-20-27-18(22-7-5-14(6-8-22)31-12-22)11-28(20)10-13(25-21)9-17(29)15-3-2-4-16(26-15)19(23)24/h2-4,10-11,14,19H,5-9,12H2,1H3. The summed E-state index contributed by atoms with van der Waals surface area (Å²) in [6, 6.07) is 4.03. The molecule has 0 unspecified atom stereocenters. The van der Waals surface area contributed by atoms with Crippen LogP contribution in [0.15, 0.2) is 30.6 Å². The molecule has 5 heterocycles. The molecule has 0 aromatic carbocycles. The predicted molar refractivity (Wildman–Crippen MR) is 107 cm³/mol. The van der Waals surface area contributed by atoms with Crippen molar-refractivity contribution in [2.45, 2.75) is 50.0 Å². The number of methoxy groups -OCH3 is 1. The van der Waals surface area contributed by atoms with E-state index in [9.17, 15) is 13.6 Å². The molecule has 0 atom stereocenters. The van der Waals surface area contributed by atoms with Crippen LogP contribution in [0.1, 0.15) is 59.7 Å². The highest BCUT2D eigenvalue weighted by atomic mass is 19.3. The molecule has 31 heavy (non-hydrogen) atoms. The lowest BCUT2D eigenvalue weighted by molar-refractivity contribution is -0.0804. The molecule has 1 aliphatic carbocycles. The molecule has 3 aromatic heterocycles. The van der Waals surface area contributed by atoms with Crippen molar-refractivity contribution in [2.75, 3.05) is 13.7 Å². The van der Waals surface area contributed by atoms with Gasteiger partial charge in [0, 0.05) is 17.8 Å². The maximum atomic E-state index is 12.9. The van der Waals surface area contributed by atoms with Gasteiger partial charge in [-0.15, -0.1) is 0 Å². The summed E-state index contributed by atoms with van der Waals surface area (Å²) in [6.07, 6.45) is 5.38. The van der Waals surface area contributed by atoms with Gasteiger partial charge in [-0.1, -0.05) is 6.07 Å². The summed E-state index contributed by atoms with van der Waals surface area (Å²) in [6.45, 7) is 0.661. The normalized spacial score (nSPS) is 22.9. The minimum Gasteiger partial charge on any atom is -0.478 e. The van der Waals surface area contributed by atoms with Crippen LogP contribution >= 0.6 is 0 Å². The Morgan fingerprint density at radius 1 is 1.26 bits per heavy atom. The minimum absolute atomic E-state index is 0.0139. The molecule has 2 bridgehead atoms. The van der Waals surface area contributed by atoms with Crippen LogP contribution < -0.4 is 4.74 Å². The number of pyridine rings is 1. The van der Waals surface area contributed by atoms with Crippen LogP contribution in [0.3, 0.4) is 0 Å². The average Bonchev–Trinajstić information content (AvgIpc) is 3.25. The lowest BCUT2D eigenvalue weighted by Gasteiger charge is -2.45. The van der Waals surface area contributed by atoms with Gasteiger partial charge >= 0.3 is 0 Å². The number of ether oxygens (including phenoxy) is 2. The molecule has 0 amide bonds. The van der Waals surface area contributed by atoms with Gasteiger partial charge in [0.25, 0.3) is 12.3 Å². The molecule has 0 spiro atoms. The van der Waals surface area contributed by atoms with E-state index in [-0.39, 0.29) is 17.5 Å². The zero-order valence-corrected chi connectivity index (χ0v) is 17.1. The van der Waals surface area contributed by atoms with Gasteiger partial charge in [0.2, 0.25) is 5.65 Å². The molecule has 9 heteroatoms. The Bertz CT molecular complexity index is 1130. The second-order valence-corrected chi connectivity index (χ2v) is 8.24. The first-order valence-corrected chi connectivity index (χ1v) is 10.3. The van der Waals surface area contributed by atoms with E-state index in [0.29, 0.717) is 29.9 Å². The third-order valence-corrected chi connectivity index (χ3v) is 6.30. The maximum absolute atomic E-state index is 12.9. The fourth-order valence-corrected chi connectivity index (χ4v) is 4.54. The average molecular weight is 428 g/mol. The summed E-state index contributed by atoms with van der Waals surface area (Å²) < 4.78 is 39.0. The van der Waals surface area contributed by atoms with Crippen LogP contribution in [-0.2, 0) is 16.6 Å². The first-order valence-electron chi connectivity index (χ1n) is 10.3. The highest BCUT2D eigenvalue weighted by Crippen LogP contribution is 2.45. The number of rotatable bonds is 6. The number of aromatic nitrogens is 4. The van der Waals surface area contributed by atoms with E-state index in [4.69, 9.17) is 14.5 Å². The fraction of sp³-hybridized carbons (Fsp3) is 0.455. The van der Waals surface area contributed by atoms with E-state index < -0.39 is 17.9 Å². The van der Waals surface area contributed by atoms with Crippen LogP contribution in [0.5, 0.6) is 5.88 Å². The number of hydrogen-bond donors (Lipinski definition) is 0. The van der Waals surface area contributed by atoms with Crippen molar-refractivity contribution in [1.29, 1.82) is 0 Å². The molecule has 0 radical (unpaired) electrons. The third-order valence-electron chi connectivity index (χ3n) is 6.30. The highest BCUT2D eigenvalue weighted by Gasteiger charge is 2.44. The number of ketones is 1. The Hall–Kier alpha value is -2.94. The topological polar surface area (TPSA) is 78.6 Å². The van der Waals surface area contributed by atoms with E-state index in [0.717, 1.165) is 31.4 Å². The summed E-state index contributed by atoms with van der Waals surface area (Å²) in [7, 11) is 1.50. The molecule has 0 N–H and O–H groups in total. The van der Waals surface area contributed by atoms with E-state index in [1.165, 1.54) is 25.3 Å². The van der Waals surface area contributed by atoms with Gasteiger partial charge in [-0.2, -0.15) is 0 Å².